The van der Waals surface area contributed by atoms with Crippen LogP contribution in [0.4, 0.5) is 27.9 Å². The van der Waals surface area contributed by atoms with Gasteiger partial charge in [0, 0.05) is 11.1 Å². The van der Waals surface area contributed by atoms with E-state index >= 15 is 0 Å². The number of rotatable bonds is 2. The van der Waals surface area contributed by atoms with Crippen LogP contribution in [-0.4, -0.2) is 16.1 Å². The fourth-order valence-corrected chi connectivity index (χ4v) is 1.53. The lowest BCUT2D eigenvalue weighted by molar-refractivity contribution is -0.289. The third-order valence-electron chi connectivity index (χ3n) is 2.49. The number of aromatic amines is 1. The van der Waals surface area contributed by atoms with E-state index < -0.39 is 17.7 Å². The average Bonchev–Trinajstić information content (AvgIpc) is 2.75. The summed E-state index contributed by atoms with van der Waals surface area (Å²) in [6, 6.07) is 3.96. The monoisotopic (exact) mass is 277 g/mol. The predicted molar refractivity (Wildman–Crippen MR) is 58.4 cm³/mol. The van der Waals surface area contributed by atoms with Gasteiger partial charge in [-0.3, -0.25) is 0 Å². The number of halogens is 5. The Morgan fingerprint density at radius 2 is 1.79 bits per heavy atom. The van der Waals surface area contributed by atoms with Gasteiger partial charge < -0.3 is 10.7 Å². The molecule has 2 rings (SSSR count). The maximum atomic E-state index is 13.2. The Morgan fingerprint density at radius 3 is 2.32 bits per heavy atom. The lowest BCUT2D eigenvalue weighted by Crippen LogP contribution is -2.33. The maximum absolute atomic E-state index is 13.2. The van der Waals surface area contributed by atoms with Crippen LogP contribution in [0, 0.1) is 0 Å². The van der Waals surface area contributed by atoms with Crippen molar-refractivity contribution in [3.8, 4) is 11.3 Å². The minimum atomic E-state index is -5.64. The van der Waals surface area contributed by atoms with E-state index in [2.05, 4.69) is 9.97 Å². The first-order valence-electron chi connectivity index (χ1n) is 5.08. The van der Waals surface area contributed by atoms with Crippen LogP contribution in [-0.2, 0) is 5.92 Å². The Bertz CT molecular complexity index is 588. The molecule has 1 aromatic heterocycles. The Balaban J connectivity index is 2.46. The molecule has 8 heteroatoms. The lowest BCUT2D eigenvalue weighted by Gasteiger charge is -2.20. The van der Waals surface area contributed by atoms with Gasteiger partial charge in [-0.15, -0.1) is 0 Å². The zero-order chi connectivity index (χ0) is 14.3. The zero-order valence-corrected chi connectivity index (χ0v) is 9.30. The summed E-state index contributed by atoms with van der Waals surface area (Å²) in [5.74, 6) is -4.86. The molecule has 102 valence electrons. The Kier molecular flexibility index (Phi) is 2.95. The van der Waals surface area contributed by atoms with Crippen LogP contribution in [0.3, 0.4) is 0 Å². The highest BCUT2D eigenvalue weighted by Gasteiger charge is 2.58. The fraction of sp³-hybridized carbons (Fsp3) is 0.182. The third-order valence-corrected chi connectivity index (χ3v) is 2.49. The number of nitrogen functional groups attached to an aromatic ring is 1. The molecule has 0 saturated carbocycles. The SMILES string of the molecule is Nc1ncc(-c2cccc(C(F)(F)C(F)(F)F)c2)[nH]1. The van der Waals surface area contributed by atoms with E-state index in [4.69, 9.17) is 5.73 Å². The molecule has 0 fully saturated rings. The van der Waals surface area contributed by atoms with E-state index in [1.165, 1.54) is 12.3 Å². The van der Waals surface area contributed by atoms with Gasteiger partial charge in [-0.1, -0.05) is 18.2 Å². The molecule has 2 aromatic rings. The number of nitrogens with one attached hydrogen (secondary N) is 1. The Morgan fingerprint density at radius 1 is 1.11 bits per heavy atom. The molecule has 0 atom stereocenters. The normalized spacial score (nSPS) is 12.7. The number of nitrogens with zero attached hydrogens (tertiary/aromatic N) is 1. The third kappa shape index (κ3) is 2.38. The van der Waals surface area contributed by atoms with Gasteiger partial charge in [0.05, 0.1) is 11.9 Å². The summed E-state index contributed by atoms with van der Waals surface area (Å²) < 4.78 is 63.2. The van der Waals surface area contributed by atoms with Gasteiger partial charge in [0.2, 0.25) is 0 Å². The van der Waals surface area contributed by atoms with Crippen molar-refractivity contribution in [1.29, 1.82) is 0 Å². The molecular formula is C11H8F5N3. The van der Waals surface area contributed by atoms with E-state index in [1.54, 1.807) is 0 Å². The molecule has 0 saturated heterocycles. The van der Waals surface area contributed by atoms with E-state index in [9.17, 15) is 22.0 Å². The van der Waals surface area contributed by atoms with Crippen LogP contribution < -0.4 is 5.73 Å². The fourth-order valence-electron chi connectivity index (χ4n) is 1.53. The largest absolute Gasteiger partial charge is 0.458 e. The van der Waals surface area contributed by atoms with E-state index in [0.29, 0.717) is 0 Å². The summed E-state index contributed by atoms with van der Waals surface area (Å²) in [6.07, 6.45) is -4.39. The quantitative estimate of drug-likeness (QED) is 0.827. The predicted octanol–water partition coefficient (Wildman–Crippen LogP) is 3.31. The number of hydrogen-bond acceptors (Lipinski definition) is 2. The Labute approximate surface area is 104 Å². The van der Waals surface area contributed by atoms with Crippen molar-refractivity contribution in [2.45, 2.75) is 12.1 Å². The van der Waals surface area contributed by atoms with Crippen LogP contribution in [0.2, 0.25) is 0 Å². The van der Waals surface area contributed by atoms with Gasteiger partial charge in [-0.05, 0) is 6.07 Å². The van der Waals surface area contributed by atoms with Crippen LogP contribution >= 0.6 is 0 Å². The van der Waals surface area contributed by atoms with E-state index in [1.807, 2.05) is 0 Å². The maximum Gasteiger partial charge on any atom is 0.458 e. The molecular weight excluding hydrogens is 269 g/mol. The summed E-state index contributed by atoms with van der Waals surface area (Å²) in [5.41, 5.74) is 4.59. The van der Waals surface area contributed by atoms with Crippen molar-refractivity contribution < 1.29 is 22.0 Å². The molecule has 0 aliphatic rings. The molecule has 0 bridgehead atoms. The standard InChI is InChI=1S/C11H8F5N3/c12-10(13,11(14,15)16)7-3-1-2-6(4-7)8-5-18-9(17)19-8/h1-5H,(H3,17,18,19). The van der Waals surface area contributed by atoms with Gasteiger partial charge in [-0.2, -0.15) is 22.0 Å². The van der Waals surface area contributed by atoms with Crippen LogP contribution in [0.25, 0.3) is 11.3 Å². The molecule has 19 heavy (non-hydrogen) atoms. The molecule has 1 heterocycles. The molecule has 0 amide bonds. The summed E-state index contributed by atoms with van der Waals surface area (Å²) in [5, 5.41) is 0. The van der Waals surface area contributed by atoms with Crippen LogP contribution in [0.5, 0.6) is 0 Å². The molecule has 0 aliphatic heterocycles. The van der Waals surface area contributed by atoms with Crippen molar-refractivity contribution >= 4 is 5.95 Å². The van der Waals surface area contributed by atoms with Crippen LogP contribution in [0.15, 0.2) is 30.5 Å². The minimum Gasteiger partial charge on any atom is -0.369 e. The van der Waals surface area contributed by atoms with Crippen molar-refractivity contribution in [3.05, 3.63) is 36.0 Å². The average molecular weight is 277 g/mol. The lowest BCUT2D eigenvalue weighted by atomic mass is 10.0. The van der Waals surface area contributed by atoms with E-state index in [0.717, 1.165) is 18.2 Å². The number of imidazole rings is 1. The number of nitrogens with two attached hydrogens (primary N) is 1. The minimum absolute atomic E-state index is 0.0444. The zero-order valence-electron chi connectivity index (χ0n) is 9.30. The highest BCUT2D eigenvalue weighted by atomic mass is 19.4. The topological polar surface area (TPSA) is 54.7 Å². The van der Waals surface area contributed by atoms with Gasteiger partial charge >= 0.3 is 12.1 Å². The number of anilines is 1. The van der Waals surface area contributed by atoms with Gasteiger partial charge in [0.1, 0.15) is 0 Å². The molecule has 3 N–H and O–H groups in total. The molecule has 0 radical (unpaired) electrons. The molecule has 3 nitrogen and oxygen atoms in total. The molecule has 0 spiro atoms. The second kappa shape index (κ2) is 4.22. The van der Waals surface area contributed by atoms with Crippen molar-refractivity contribution in [1.82, 2.24) is 9.97 Å². The summed E-state index contributed by atoms with van der Waals surface area (Å²) >= 11 is 0. The highest BCUT2D eigenvalue weighted by Crippen LogP contribution is 2.44. The molecule has 0 unspecified atom stereocenters. The second-order valence-corrected chi connectivity index (χ2v) is 3.84. The highest BCUT2D eigenvalue weighted by molar-refractivity contribution is 5.61. The first-order chi connectivity index (χ1) is 8.72. The van der Waals surface area contributed by atoms with Crippen molar-refractivity contribution in [2.75, 3.05) is 5.73 Å². The van der Waals surface area contributed by atoms with Gasteiger partial charge in [0.15, 0.2) is 5.95 Å². The number of benzene rings is 1. The number of alkyl halides is 5. The number of hydrogen-bond donors (Lipinski definition) is 2. The number of H-pyrrole nitrogens is 1. The van der Waals surface area contributed by atoms with Crippen LogP contribution in [0.1, 0.15) is 5.56 Å². The van der Waals surface area contributed by atoms with Crippen molar-refractivity contribution in [3.63, 3.8) is 0 Å². The summed E-state index contributed by atoms with van der Waals surface area (Å²) in [4.78, 5) is 6.20. The Hall–Kier alpha value is -2.12. The second-order valence-electron chi connectivity index (χ2n) is 3.84. The van der Waals surface area contributed by atoms with E-state index in [-0.39, 0.29) is 17.2 Å². The molecule has 1 aromatic carbocycles. The summed E-state index contributed by atoms with van der Waals surface area (Å²) in [7, 11) is 0. The van der Waals surface area contributed by atoms with Gasteiger partial charge in [-0.25, -0.2) is 4.98 Å². The smallest absolute Gasteiger partial charge is 0.369 e. The van der Waals surface area contributed by atoms with Crippen molar-refractivity contribution in [2.24, 2.45) is 0 Å². The first-order valence-corrected chi connectivity index (χ1v) is 5.08. The number of aromatic nitrogens is 2. The first kappa shape index (κ1) is 13.3. The summed E-state index contributed by atoms with van der Waals surface area (Å²) in [6.45, 7) is 0. The van der Waals surface area contributed by atoms with Gasteiger partial charge in [0.25, 0.3) is 0 Å². The molecule has 0 aliphatic carbocycles.